The molecule has 0 bridgehead atoms. The number of ether oxygens (including phenoxy) is 2. The maximum absolute atomic E-state index is 12.8. The largest absolute Gasteiger partial charge is 0.496 e. The van der Waals surface area contributed by atoms with Crippen LogP contribution >= 0.6 is 0 Å². The topological polar surface area (TPSA) is 74.4 Å². The van der Waals surface area contributed by atoms with Gasteiger partial charge in [-0.25, -0.2) is 8.78 Å². The Morgan fingerprint density at radius 3 is 2.68 bits per heavy atom. The lowest BCUT2D eigenvalue weighted by Crippen LogP contribution is -2.14. The van der Waals surface area contributed by atoms with E-state index in [0.717, 1.165) is 6.20 Å². The summed E-state index contributed by atoms with van der Waals surface area (Å²) < 4.78 is 35.5. The molecule has 0 aromatic carbocycles. The van der Waals surface area contributed by atoms with E-state index in [-0.39, 0.29) is 36.4 Å². The molecule has 1 aromatic heterocycles. The second-order valence-corrected chi connectivity index (χ2v) is 3.66. The lowest BCUT2D eigenvalue weighted by atomic mass is 10.1. The minimum atomic E-state index is -2.74. The molecule has 1 aromatic rings. The van der Waals surface area contributed by atoms with E-state index >= 15 is 0 Å². The van der Waals surface area contributed by atoms with Crippen molar-refractivity contribution >= 4 is 5.97 Å². The van der Waals surface area contributed by atoms with Crippen molar-refractivity contribution in [1.82, 2.24) is 4.98 Å². The second-order valence-electron chi connectivity index (χ2n) is 3.66. The fourth-order valence-corrected chi connectivity index (χ4v) is 1.70. The summed E-state index contributed by atoms with van der Waals surface area (Å²) in [5.41, 5.74) is 5.72. The number of hydrogen-bond acceptors (Lipinski definition) is 5. The van der Waals surface area contributed by atoms with E-state index in [2.05, 4.69) is 4.98 Å². The molecule has 0 aliphatic rings. The number of pyridine rings is 1. The zero-order valence-corrected chi connectivity index (χ0v) is 10.8. The Bertz CT molecular complexity index is 453. The molecular weight excluding hydrogens is 258 g/mol. The van der Waals surface area contributed by atoms with Gasteiger partial charge in [-0.05, 0) is 6.92 Å². The van der Waals surface area contributed by atoms with Crippen LogP contribution in [-0.2, 0) is 22.5 Å². The van der Waals surface area contributed by atoms with Gasteiger partial charge in [-0.2, -0.15) is 0 Å². The van der Waals surface area contributed by atoms with Crippen LogP contribution in [0, 0.1) is 0 Å². The molecule has 0 unspecified atom stereocenters. The third-order valence-electron chi connectivity index (χ3n) is 2.50. The molecule has 0 radical (unpaired) electrons. The van der Waals surface area contributed by atoms with Gasteiger partial charge in [-0.15, -0.1) is 0 Å². The SMILES string of the molecule is CCOC(=O)Cc1c(CN)ncc(C(F)F)c1OC. The first-order valence-electron chi connectivity index (χ1n) is 5.73. The Morgan fingerprint density at radius 2 is 2.21 bits per heavy atom. The van der Waals surface area contributed by atoms with Crippen LogP contribution in [0.25, 0.3) is 0 Å². The summed E-state index contributed by atoms with van der Waals surface area (Å²) in [6.45, 7) is 1.89. The number of carbonyl (C=O) groups is 1. The van der Waals surface area contributed by atoms with Crippen molar-refractivity contribution in [1.29, 1.82) is 0 Å². The molecule has 7 heteroatoms. The van der Waals surface area contributed by atoms with Gasteiger partial charge in [-0.1, -0.05) is 0 Å². The zero-order chi connectivity index (χ0) is 14.4. The first-order valence-corrected chi connectivity index (χ1v) is 5.73. The normalized spacial score (nSPS) is 10.6. The maximum Gasteiger partial charge on any atom is 0.310 e. The fourth-order valence-electron chi connectivity index (χ4n) is 1.70. The third kappa shape index (κ3) is 3.60. The first-order chi connectivity index (χ1) is 9.04. The number of carbonyl (C=O) groups excluding carboxylic acids is 1. The molecule has 106 valence electrons. The molecule has 0 aliphatic carbocycles. The van der Waals surface area contributed by atoms with Gasteiger partial charge in [0, 0.05) is 18.3 Å². The molecule has 0 aliphatic heterocycles. The summed E-state index contributed by atoms with van der Waals surface area (Å²) in [5, 5.41) is 0. The van der Waals surface area contributed by atoms with E-state index in [9.17, 15) is 13.6 Å². The molecule has 0 spiro atoms. The van der Waals surface area contributed by atoms with Gasteiger partial charge in [0.05, 0.1) is 31.4 Å². The number of nitrogens with two attached hydrogens (primary N) is 1. The molecule has 0 amide bonds. The summed E-state index contributed by atoms with van der Waals surface area (Å²) in [6.07, 6.45) is -1.92. The summed E-state index contributed by atoms with van der Waals surface area (Å²) in [4.78, 5) is 15.3. The molecule has 19 heavy (non-hydrogen) atoms. The molecule has 1 rings (SSSR count). The van der Waals surface area contributed by atoms with Crippen molar-refractivity contribution in [2.45, 2.75) is 26.3 Å². The van der Waals surface area contributed by atoms with E-state index in [1.807, 2.05) is 0 Å². The van der Waals surface area contributed by atoms with Gasteiger partial charge in [0.25, 0.3) is 6.43 Å². The molecule has 0 saturated carbocycles. The summed E-state index contributed by atoms with van der Waals surface area (Å²) in [7, 11) is 1.26. The Hall–Kier alpha value is -1.76. The minimum Gasteiger partial charge on any atom is -0.496 e. The van der Waals surface area contributed by atoms with Crippen molar-refractivity contribution in [2.75, 3.05) is 13.7 Å². The Kier molecular flexibility index (Phi) is 5.62. The van der Waals surface area contributed by atoms with Crippen molar-refractivity contribution in [2.24, 2.45) is 5.73 Å². The Labute approximate surface area is 109 Å². The number of esters is 1. The van der Waals surface area contributed by atoms with Gasteiger partial charge in [0.1, 0.15) is 5.75 Å². The molecule has 0 fully saturated rings. The van der Waals surface area contributed by atoms with Gasteiger partial charge < -0.3 is 15.2 Å². The van der Waals surface area contributed by atoms with Crippen LogP contribution in [0.1, 0.15) is 30.2 Å². The van der Waals surface area contributed by atoms with Crippen LogP contribution in [-0.4, -0.2) is 24.7 Å². The van der Waals surface area contributed by atoms with Crippen molar-refractivity contribution in [3.8, 4) is 5.75 Å². The van der Waals surface area contributed by atoms with Crippen LogP contribution < -0.4 is 10.5 Å². The number of halogens is 2. The van der Waals surface area contributed by atoms with Crippen LogP contribution in [0.4, 0.5) is 8.78 Å². The second kappa shape index (κ2) is 6.98. The van der Waals surface area contributed by atoms with E-state index in [1.165, 1.54) is 7.11 Å². The molecule has 0 saturated heterocycles. The van der Waals surface area contributed by atoms with Crippen LogP contribution in [0.5, 0.6) is 5.75 Å². The van der Waals surface area contributed by atoms with Crippen molar-refractivity contribution < 1.29 is 23.0 Å². The highest BCUT2D eigenvalue weighted by atomic mass is 19.3. The van der Waals surface area contributed by atoms with Gasteiger partial charge in [-0.3, -0.25) is 9.78 Å². The summed E-state index contributed by atoms with van der Waals surface area (Å²) in [5.74, 6) is -0.595. The van der Waals surface area contributed by atoms with Crippen LogP contribution in [0.15, 0.2) is 6.20 Å². The van der Waals surface area contributed by atoms with E-state index in [0.29, 0.717) is 5.69 Å². The number of nitrogens with zero attached hydrogens (tertiary/aromatic N) is 1. The van der Waals surface area contributed by atoms with Gasteiger partial charge >= 0.3 is 5.97 Å². The lowest BCUT2D eigenvalue weighted by molar-refractivity contribution is -0.142. The number of rotatable bonds is 6. The van der Waals surface area contributed by atoms with Gasteiger partial charge in [0.15, 0.2) is 0 Å². The summed E-state index contributed by atoms with van der Waals surface area (Å²) in [6, 6.07) is 0. The predicted octanol–water partition coefficient (Wildman–Crippen LogP) is 1.59. The van der Waals surface area contributed by atoms with E-state index in [4.69, 9.17) is 15.2 Å². The highest BCUT2D eigenvalue weighted by Gasteiger charge is 2.22. The molecule has 0 atom stereocenters. The highest BCUT2D eigenvalue weighted by molar-refractivity contribution is 5.74. The predicted molar refractivity (Wildman–Crippen MR) is 64.0 cm³/mol. The quantitative estimate of drug-likeness (QED) is 0.797. The van der Waals surface area contributed by atoms with Crippen molar-refractivity contribution in [3.63, 3.8) is 0 Å². The van der Waals surface area contributed by atoms with E-state index in [1.54, 1.807) is 6.92 Å². The van der Waals surface area contributed by atoms with Crippen LogP contribution in [0.2, 0.25) is 0 Å². The standard InChI is InChI=1S/C12H16F2N2O3/c1-3-19-10(17)4-7-9(5-15)16-6-8(12(13)14)11(7)18-2/h6,12H,3-5,15H2,1-2H3. The monoisotopic (exact) mass is 274 g/mol. The van der Waals surface area contributed by atoms with E-state index < -0.39 is 12.4 Å². The first kappa shape index (κ1) is 15.3. The number of alkyl halides is 2. The minimum absolute atomic E-state index is 0.0224. The molecular formula is C12H16F2N2O3. The zero-order valence-electron chi connectivity index (χ0n) is 10.8. The molecule has 2 N–H and O–H groups in total. The molecule has 5 nitrogen and oxygen atoms in total. The number of aromatic nitrogens is 1. The van der Waals surface area contributed by atoms with Crippen LogP contribution in [0.3, 0.4) is 0 Å². The molecule has 1 heterocycles. The van der Waals surface area contributed by atoms with Gasteiger partial charge in [0.2, 0.25) is 0 Å². The fraction of sp³-hybridized carbons (Fsp3) is 0.500. The average Bonchev–Trinajstić information content (AvgIpc) is 2.38. The average molecular weight is 274 g/mol. The lowest BCUT2D eigenvalue weighted by Gasteiger charge is -2.15. The Morgan fingerprint density at radius 1 is 1.53 bits per heavy atom. The Balaban J connectivity index is 3.23. The number of methoxy groups -OCH3 is 1. The maximum atomic E-state index is 12.8. The highest BCUT2D eigenvalue weighted by Crippen LogP contribution is 2.33. The smallest absolute Gasteiger partial charge is 0.310 e. The number of hydrogen-bond donors (Lipinski definition) is 1. The summed E-state index contributed by atoms with van der Waals surface area (Å²) >= 11 is 0. The third-order valence-corrected chi connectivity index (χ3v) is 2.50. The van der Waals surface area contributed by atoms with Crippen molar-refractivity contribution in [3.05, 3.63) is 23.0 Å².